The van der Waals surface area contributed by atoms with E-state index in [1.54, 1.807) is 10.9 Å². The van der Waals surface area contributed by atoms with Crippen LogP contribution in [0.2, 0.25) is 0 Å². The molecule has 0 heterocycles. The van der Waals surface area contributed by atoms with Gasteiger partial charge in [-0.25, -0.2) is 0 Å². The second-order valence-corrected chi connectivity index (χ2v) is 20.4. The van der Waals surface area contributed by atoms with Crippen LogP contribution in [0.3, 0.4) is 0 Å². The topological polar surface area (TPSA) is 0 Å². The van der Waals surface area contributed by atoms with Crippen LogP contribution in [0.25, 0.3) is 0 Å². The molecule has 0 nitrogen and oxygen atoms in total. The first-order chi connectivity index (χ1) is 19.1. The molecule has 3 atom stereocenters. The number of rotatable bonds is 6. The summed E-state index contributed by atoms with van der Waals surface area (Å²) < 4.78 is 0. The van der Waals surface area contributed by atoms with Gasteiger partial charge in [-0.2, -0.15) is 0 Å². The summed E-state index contributed by atoms with van der Waals surface area (Å²) in [5.74, 6) is 1.43. The molecule has 41 heavy (non-hydrogen) atoms. The minimum atomic E-state index is -0.576. The van der Waals surface area contributed by atoms with Gasteiger partial charge in [-0.1, -0.05) is 180 Å². The second-order valence-electron chi connectivity index (χ2n) is 14.0. The molecule has 2 fully saturated rings. The summed E-state index contributed by atoms with van der Waals surface area (Å²) in [7, 11) is -0.716. The Morgan fingerprint density at radius 1 is 0.585 bits per heavy atom. The molecule has 0 spiro atoms. The van der Waals surface area contributed by atoms with Gasteiger partial charge in [-0.3, -0.25) is 0 Å². The monoisotopic (exact) mass is 628 g/mol. The molecular formula is C38H54FeP2. The van der Waals surface area contributed by atoms with Crippen molar-refractivity contribution in [3.05, 3.63) is 90.5 Å². The van der Waals surface area contributed by atoms with Gasteiger partial charge in [0.25, 0.3) is 0 Å². The Hall–Kier alpha value is -0.961. The summed E-state index contributed by atoms with van der Waals surface area (Å²) in [5, 5.41) is 5.20. The average Bonchev–Trinajstić information content (AvgIpc) is 3.65. The third-order valence-electron chi connectivity index (χ3n) is 8.90. The summed E-state index contributed by atoms with van der Waals surface area (Å²) in [6.07, 6.45) is 11.6. The zero-order valence-corrected chi connectivity index (χ0v) is 29.6. The number of hydrogen-bond donors (Lipinski definition) is 0. The van der Waals surface area contributed by atoms with Gasteiger partial charge in [0.05, 0.1) is 0 Å². The van der Waals surface area contributed by atoms with E-state index in [0.29, 0.717) is 16.2 Å². The number of benzene rings is 3. The van der Waals surface area contributed by atoms with Gasteiger partial charge < -0.3 is 0 Å². The molecular weight excluding hydrogens is 574 g/mol. The van der Waals surface area contributed by atoms with Crippen molar-refractivity contribution in [2.75, 3.05) is 0 Å². The van der Waals surface area contributed by atoms with Crippen molar-refractivity contribution in [2.24, 2.45) is 5.92 Å². The van der Waals surface area contributed by atoms with E-state index in [-0.39, 0.29) is 25.0 Å². The Kier molecular flexibility index (Phi) is 13.2. The Labute approximate surface area is 265 Å². The van der Waals surface area contributed by atoms with Gasteiger partial charge in [0.2, 0.25) is 0 Å². The van der Waals surface area contributed by atoms with E-state index in [4.69, 9.17) is 0 Å². The zero-order chi connectivity index (χ0) is 28.8. The maximum Gasteiger partial charge on any atom is 0 e. The largest absolute Gasteiger partial charge is 0.0924 e. The van der Waals surface area contributed by atoms with Crippen LogP contribution in [-0.2, 0) is 17.1 Å². The van der Waals surface area contributed by atoms with E-state index in [1.807, 2.05) is 0 Å². The van der Waals surface area contributed by atoms with Crippen molar-refractivity contribution in [3.63, 3.8) is 0 Å². The van der Waals surface area contributed by atoms with E-state index in [0.717, 1.165) is 11.6 Å². The van der Waals surface area contributed by atoms with Gasteiger partial charge in [-0.05, 0) is 70.0 Å². The molecule has 0 N–H and O–H groups in total. The van der Waals surface area contributed by atoms with E-state index >= 15 is 0 Å². The molecule has 224 valence electrons. The molecule has 3 heteroatoms. The van der Waals surface area contributed by atoms with Gasteiger partial charge in [0.15, 0.2) is 0 Å². The molecule has 0 saturated heterocycles. The standard InChI is InChI=1S/C33H44P2.C5H10.Fe/c1-25(35(32(2,3)4)33(5,6)7)28-22-16-23-29(28)30-21-14-15-24-31(30)34(26-17-10-8-11-18-26)27-19-12-9-13-20-27;1-2-4-5-3-1;/h8-15,17-21,24-25,28-29H,16,22-23H2,1-7H3;1-5H2;/t25-,28?,29?;;/m1../s1. The van der Waals surface area contributed by atoms with Crippen molar-refractivity contribution >= 4 is 31.8 Å². The van der Waals surface area contributed by atoms with Crippen molar-refractivity contribution in [1.29, 1.82) is 0 Å². The first-order valence-corrected chi connectivity index (χ1v) is 18.6. The first kappa shape index (κ1) is 34.5. The van der Waals surface area contributed by atoms with Gasteiger partial charge >= 0.3 is 0 Å². The molecule has 0 aromatic heterocycles. The van der Waals surface area contributed by atoms with Crippen LogP contribution in [0, 0.1) is 5.92 Å². The molecule has 2 aliphatic carbocycles. The average molecular weight is 629 g/mol. The molecule has 0 aliphatic heterocycles. The molecule has 0 radical (unpaired) electrons. The fraction of sp³-hybridized carbons (Fsp3) is 0.526. The molecule has 0 amide bonds. The Morgan fingerprint density at radius 2 is 1.02 bits per heavy atom. The van der Waals surface area contributed by atoms with Crippen molar-refractivity contribution in [1.82, 2.24) is 0 Å². The van der Waals surface area contributed by atoms with Crippen molar-refractivity contribution < 1.29 is 17.1 Å². The Morgan fingerprint density at radius 3 is 1.49 bits per heavy atom. The predicted molar refractivity (Wildman–Crippen MR) is 184 cm³/mol. The molecule has 2 saturated carbocycles. The van der Waals surface area contributed by atoms with E-state index in [1.165, 1.54) is 62.0 Å². The van der Waals surface area contributed by atoms with Crippen molar-refractivity contribution in [2.45, 2.75) is 122 Å². The first-order valence-electron chi connectivity index (χ1n) is 15.9. The fourth-order valence-electron chi connectivity index (χ4n) is 7.84. The van der Waals surface area contributed by atoms with Gasteiger partial charge in [0, 0.05) is 17.1 Å². The smallest absolute Gasteiger partial charge is 0 e. The molecule has 3 aromatic rings. The third kappa shape index (κ3) is 9.02. The summed E-state index contributed by atoms with van der Waals surface area (Å²) in [5.41, 5.74) is 2.38. The van der Waals surface area contributed by atoms with Crippen molar-refractivity contribution in [3.8, 4) is 0 Å². The number of hydrogen-bond acceptors (Lipinski definition) is 0. The summed E-state index contributed by atoms with van der Waals surface area (Å²) in [4.78, 5) is 0. The molecule has 0 bridgehead atoms. The molecule has 5 rings (SSSR count). The normalized spacial score (nSPS) is 19.9. The zero-order valence-electron chi connectivity index (χ0n) is 26.7. The Balaban J connectivity index is 0.000000696. The van der Waals surface area contributed by atoms with Gasteiger partial charge in [-0.15, -0.1) is 0 Å². The van der Waals surface area contributed by atoms with Crippen LogP contribution >= 0.6 is 15.8 Å². The predicted octanol–water partition coefficient (Wildman–Crippen LogP) is 10.7. The van der Waals surface area contributed by atoms with Crippen LogP contribution < -0.4 is 15.9 Å². The minimum absolute atomic E-state index is 0. The van der Waals surface area contributed by atoms with Crippen LogP contribution in [0.15, 0.2) is 84.9 Å². The molecule has 2 unspecified atom stereocenters. The minimum Gasteiger partial charge on any atom is -0.0924 e. The van der Waals surface area contributed by atoms with E-state index in [2.05, 4.69) is 133 Å². The molecule has 3 aromatic carbocycles. The maximum atomic E-state index is 2.60. The van der Waals surface area contributed by atoms with E-state index in [9.17, 15) is 0 Å². The fourth-order valence-corrected chi connectivity index (χ4v) is 15.6. The van der Waals surface area contributed by atoms with Crippen LogP contribution in [-0.4, -0.2) is 16.0 Å². The van der Waals surface area contributed by atoms with Gasteiger partial charge in [0.1, 0.15) is 0 Å². The van der Waals surface area contributed by atoms with Crippen LogP contribution in [0.1, 0.15) is 111 Å². The summed E-state index contributed by atoms with van der Waals surface area (Å²) >= 11 is 0. The second kappa shape index (κ2) is 15.7. The van der Waals surface area contributed by atoms with Crippen LogP contribution in [0.5, 0.6) is 0 Å². The Bertz CT molecular complexity index is 1100. The SMILES string of the molecule is C1CCCC1.C[C@H](C1CCCC1c1ccccc1P(c1ccccc1)c1ccccc1)P(C(C)(C)C)C(C)(C)C.[Fe]. The van der Waals surface area contributed by atoms with Crippen LogP contribution in [0.4, 0.5) is 0 Å². The summed E-state index contributed by atoms with van der Waals surface area (Å²) in [6.45, 7) is 17.5. The summed E-state index contributed by atoms with van der Waals surface area (Å²) in [6, 6.07) is 31.9. The third-order valence-corrected chi connectivity index (χ3v) is 15.5. The maximum absolute atomic E-state index is 2.60. The quantitative estimate of drug-likeness (QED) is 0.188. The van der Waals surface area contributed by atoms with E-state index < -0.39 is 7.92 Å². The molecule has 2 aliphatic rings.